The molecule has 1 amide bonds. The number of hydrogen-bond donors (Lipinski definition) is 5. The van der Waals surface area contributed by atoms with E-state index in [1.165, 1.54) is 0 Å². The van der Waals surface area contributed by atoms with Crippen LogP contribution in [-0.4, -0.2) is 71.9 Å². The first kappa shape index (κ1) is 32.4. The van der Waals surface area contributed by atoms with Crippen molar-refractivity contribution < 1.29 is 33.2 Å². The van der Waals surface area contributed by atoms with E-state index in [0.29, 0.717) is 54.6 Å². The molecule has 0 saturated carbocycles. The Morgan fingerprint density at radius 3 is 2.33 bits per heavy atom. The van der Waals surface area contributed by atoms with Crippen molar-refractivity contribution in [3.8, 4) is 17.2 Å². The van der Waals surface area contributed by atoms with Crippen LogP contribution in [0.15, 0.2) is 66.7 Å². The molecule has 43 heavy (non-hydrogen) atoms. The molecule has 3 aromatic rings. The summed E-state index contributed by atoms with van der Waals surface area (Å²) >= 11 is 0. The van der Waals surface area contributed by atoms with Gasteiger partial charge in [0.05, 0.1) is 44.4 Å². The summed E-state index contributed by atoms with van der Waals surface area (Å²) in [6.07, 6.45) is 1.04. The summed E-state index contributed by atoms with van der Waals surface area (Å²) in [7, 11) is 0.201. The predicted molar refractivity (Wildman–Crippen MR) is 171 cm³/mol. The number of rotatable bonds is 14. The molecule has 1 fully saturated rings. The van der Waals surface area contributed by atoms with Gasteiger partial charge in [-0.15, -0.1) is 10.8 Å². The first-order valence-corrected chi connectivity index (χ1v) is 16.2. The van der Waals surface area contributed by atoms with Gasteiger partial charge < -0.3 is 30.0 Å². The number of anilines is 1. The maximum Gasteiger partial charge on any atom is 0.251 e. The highest BCUT2D eigenvalue weighted by Gasteiger charge is 2.29. The summed E-state index contributed by atoms with van der Waals surface area (Å²) in [6, 6.07) is 19.7. The van der Waals surface area contributed by atoms with Crippen LogP contribution in [0.25, 0.3) is 0 Å². The number of nitrogens with one attached hydrogen (secondary N) is 2. The lowest BCUT2D eigenvalue weighted by molar-refractivity contribution is 0.0829. The van der Waals surface area contributed by atoms with Crippen LogP contribution in [0.2, 0.25) is 0 Å². The summed E-state index contributed by atoms with van der Waals surface area (Å²) in [6.45, 7) is 3.39. The highest BCUT2D eigenvalue weighted by atomic mass is 32.3. The number of ether oxygens (including phenoxy) is 3. The topological polar surface area (TPSA) is 133 Å². The average molecular weight is 614 g/mol. The van der Waals surface area contributed by atoms with E-state index in [4.69, 9.17) is 14.2 Å². The molecular weight excluding hydrogens is 570 g/mol. The molecule has 1 aliphatic rings. The number of methoxy groups -OCH3 is 2. The Hall–Kier alpha value is -3.48. The van der Waals surface area contributed by atoms with Crippen molar-refractivity contribution in [2.24, 2.45) is 0 Å². The molecule has 3 aromatic carbocycles. The summed E-state index contributed by atoms with van der Waals surface area (Å²) in [5.74, 6) is 1.69. The van der Waals surface area contributed by atoms with Gasteiger partial charge in [0.2, 0.25) is 0 Å². The standard InChI is InChI=1S/C32H43N3O7S/c1-4-42-29-18-25(17-26(19-29)35-12-8-9-13-43(35,38)39)32(37)34-30(16-23-10-6-5-7-11-23)31(36)22-33-21-24-14-27(40-2)20-28(15-24)41-3/h5-7,10-11,14-15,17-20,30-31,33,36,38-39H,4,8-9,12-13,16,21-22H2,1-3H3,(H,34,37). The van der Waals surface area contributed by atoms with E-state index in [-0.39, 0.29) is 12.3 Å². The highest BCUT2D eigenvalue weighted by Crippen LogP contribution is 2.50. The first-order valence-electron chi connectivity index (χ1n) is 14.5. The molecule has 1 heterocycles. The maximum absolute atomic E-state index is 13.7. The minimum absolute atomic E-state index is 0.218. The molecule has 0 bridgehead atoms. The molecule has 0 spiro atoms. The molecule has 2 unspecified atom stereocenters. The summed E-state index contributed by atoms with van der Waals surface area (Å²) in [5.41, 5.74) is 2.72. The van der Waals surface area contributed by atoms with Gasteiger partial charge >= 0.3 is 0 Å². The maximum atomic E-state index is 13.7. The van der Waals surface area contributed by atoms with Gasteiger partial charge in [0, 0.05) is 37.3 Å². The largest absolute Gasteiger partial charge is 0.497 e. The fourth-order valence-electron chi connectivity index (χ4n) is 5.09. The molecule has 4 rings (SSSR count). The number of aliphatic hydroxyl groups excluding tert-OH is 1. The van der Waals surface area contributed by atoms with Crippen LogP contribution in [0.1, 0.15) is 41.3 Å². The van der Waals surface area contributed by atoms with Crippen molar-refractivity contribution in [2.45, 2.75) is 44.9 Å². The zero-order chi connectivity index (χ0) is 30.8. The van der Waals surface area contributed by atoms with Crippen LogP contribution in [0.5, 0.6) is 17.2 Å². The number of carbonyl (C=O) groups is 1. The normalized spacial score (nSPS) is 16.6. The van der Waals surface area contributed by atoms with E-state index in [0.717, 1.165) is 24.0 Å². The van der Waals surface area contributed by atoms with Crippen molar-refractivity contribution in [1.29, 1.82) is 0 Å². The lowest BCUT2D eigenvalue weighted by atomic mass is 10.00. The monoisotopic (exact) mass is 613 g/mol. The van der Waals surface area contributed by atoms with Crippen molar-refractivity contribution in [3.63, 3.8) is 0 Å². The van der Waals surface area contributed by atoms with Gasteiger partial charge in [-0.25, -0.2) is 0 Å². The quantitative estimate of drug-likeness (QED) is 0.173. The minimum atomic E-state index is -2.99. The molecule has 234 valence electrons. The molecule has 0 radical (unpaired) electrons. The number of aliphatic hydroxyl groups is 1. The molecule has 1 saturated heterocycles. The van der Waals surface area contributed by atoms with E-state index < -0.39 is 28.8 Å². The second kappa shape index (κ2) is 15.3. The van der Waals surface area contributed by atoms with Gasteiger partial charge in [-0.3, -0.25) is 18.2 Å². The Morgan fingerprint density at radius 1 is 0.953 bits per heavy atom. The summed E-state index contributed by atoms with van der Waals surface area (Å²) in [4.78, 5) is 13.7. The second-order valence-electron chi connectivity index (χ2n) is 10.5. The van der Waals surface area contributed by atoms with Gasteiger partial charge in [-0.05, 0) is 61.6 Å². The zero-order valence-electron chi connectivity index (χ0n) is 25.0. The van der Waals surface area contributed by atoms with E-state index in [1.54, 1.807) is 42.8 Å². The molecule has 5 N–H and O–H groups in total. The zero-order valence-corrected chi connectivity index (χ0v) is 25.8. The van der Waals surface area contributed by atoms with Crippen molar-refractivity contribution in [1.82, 2.24) is 10.6 Å². The van der Waals surface area contributed by atoms with E-state index in [9.17, 15) is 19.0 Å². The molecule has 0 aliphatic carbocycles. The van der Waals surface area contributed by atoms with Crippen molar-refractivity contribution in [2.75, 3.05) is 44.0 Å². The van der Waals surface area contributed by atoms with Crippen LogP contribution in [0.4, 0.5) is 5.69 Å². The Labute approximate surface area is 255 Å². The number of hydrogen-bond acceptors (Lipinski definition) is 9. The van der Waals surface area contributed by atoms with Crippen LogP contribution in [0.3, 0.4) is 0 Å². The number of amides is 1. The van der Waals surface area contributed by atoms with Gasteiger partial charge in [0.15, 0.2) is 0 Å². The lowest BCUT2D eigenvalue weighted by Gasteiger charge is -2.47. The van der Waals surface area contributed by atoms with Crippen molar-refractivity contribution in [3.05, 3.63) is 83.4 Å². The third-order valence-corrected chi connectivity index (χ3v) is 9.24. The van der Waals surface area contributed by atoms with Gasteiger partial charge in [0.1, 0.15) is 17.2 Å². The molecule has 11 heteroatoms. The molecule has 10 nitrogen and oxygen atoms in total. The Bertz CT molecular complexity index is 1320. The fraction of sp³-hybridized carbons (Fsp3) is 0.406. The molecular formula is C32H43N3O7S. The van der Waals surface area contributed by atoms with E-state index >= 15 is 0 Å². The predicted octanol–water partition coefficient (Wildman–Crippen LogP) is 4.86. The highest BCUT2D eigenvalue weighted by molar-refractivity contribution is 8.25. The molecule has 0 aromatic heterocycles. The number of benzene rings is 3. The molecule has 2 atom stereocenters. The third-order valence-electron chi connectivity index (χ3n) is 7.31. The van der Waals surface area contributed by atoms with Crippen LogP contribution >= 0.6 is 10.8 Å². The SMILES string of the molecule is CCOc1cc(C(=O)NC(Cc2ccccc2)C(O)CNCc2cc(OC)cc(OC)c2)cc(N2CCCCS2(O)O)c1. The Kier molecular flexibility index (Phi) is 11.5. The summed E-state index contributed by atoms with van der Waals surface area (Å²) < 4.78 is 39.4. The second-order valence-corrected chi connectivity index (χ2v) is 12.6. The first-order chi connectivity index (χ1) is 20.7. The van der Waals surface area contributed by atoms with E-state index in [1.807, 2.05) is 49.4 Å². The minimum Gasteiger partial charge on any atom is -0.497 e. The van der Waals surface area contributed by atoms with Crippen molar-refractivity contribution >= 4 is 22.4 Å². The lowest BCUT2D eigenvalue weighted by Crippen LogP contribution is -2.48. The number of carbonyl (C=O) groups excluding carboxylic acids is 1. The molecule has 1 aliphatic heterocycles. The smallest absolute Gasteiger partial charge is 0.251 e. The van der Waals surface area contributed by atoms with Crippen LogP contribution in [0, 0.1) is 0 Å². The Morgan fingerprint density at radius 2 is 1.67 bits per heavy atom. The third kappa shape index (κ3) is 9.01. The van der Waals surface area contributed by atoms with Crippen LogP contribution in [-0.2, 0) is 13.0 Å². The summed E-state index contributed by atoms with van der Waals surface area (Å²) in [5, 5.41) is 17.6. The van der Waals surface area contributed by atoms with Gasteiger partial charge in [-0.1, -0.05) is 30.3 Å². The van der Waals surface area contributed by atoms with Crippen LogP contribution < -0.4 is 29.1 Å². The van der Waals surface area contributed by atoms with Gasteiger partial charge in [-0.2, -0.15) is 0 Å². The average Bonchev–Trinajstić information content (AvgIpc) is 3.00. The van der Waals surface area contributed by atoms with Gasteiger partial charge in [0.25, 0.3) is 5.91 Å². The fourth-order valence-corrected chi connectivity index (χ4v) is 6.77. The Balaban J connectivity index is 1.52. The number of nitrogens with zero attached hydrogens (tertiary/aromatic N) is 1. The van der Waals surface area contributed by atoms with E-state index in [2.05, 4.69) is 10.6 Å².